The Bertz CT molecular complexity index is 872. The molecule has 134 valence electrons. The molecule has 0 atom stereocenters. The van der Waals surface area contributed by atoms with Crippen molar-refractivity contribution in [2.24, 2.45) is 0 Å². The summed E-state index contributed by atoms with van der Waals surface area (Å²) in [5, 5.41) is 7.44. The number of benzene rings is 2. The predicted molar refractivity (Wildman–Crippen MR) is 103 cm³/mol. The number of aryl methyl sites for hydroxylation is 1. The van der Waals surface area contributed by atoms with E-state index in [0.29, 0.717) is 23.7 Å². The highest BCUT2D eigenvalue weighted by Crippen LogP contribution is 2.22. The molecule has 0 aliphatic carbocycles. The molecule has 5 nitrogen and oxygen atoms in total. The molecule has 0 saturated carbocycles. The Hall–Kier alpha value is -3.08. The molecular weight excluding hydrogens is 326 g/mol. The van der Waals surface area contributed by atoms with Crippen LogP contribution < -0.4 is 10.1 Å². The highest BCUT2D eigenvalue weighted by atomic mass is 16.5. The lowest BCUT2D eigenvalue weighted by molar-refractivity contribution is 0.102. The molecule has 0 spiro atoms. The topological polar surface area (TPSA) is 56.1 Å². The van der Waals surface area contributed by atoms with Crippen molar-refractivity contribution < 1.29 is 9.53 Å². The van der Waals surface area contributed by atoms with Gasteiger partial charge in [0.1, 0.15) is 11.6 Å². The second-order valence-electron chi connectivity index (χ2n) is 6.07. The van der Waals surface area contributed by atoms with Crippen LogP contribution in [-0.2, 0) is 0 Å². The molecule has 0 unspecified atom stereocenters. The Morgan fingerprint density at radius 2 is 1.85 bits per heavy atom. The van der Waals surface area contributed by atoms with Crippen LogP contribution in [0.25, 0.3) is 5.69 Å². The summed E-state index contributed by atoms with van der Waals surface area (Å²) in [5.74, 6) is 1.01. The molecule has 26 heavy (non-hydrogen) atoms. The molecule has 1 amide bonds. The van der Waals surface area contributed by atoms with Crippen LogP contribution in [-0.4, -0.2) is 22.3 Å². The summed E-state index contributed by atoms with van der Waals surface area (Å²) in [6.45, 7) is 4.60. The van der Waals surface area contributed by atoms with Crippen LogP contribution in [0.3, 0.4) is 0 Å². The van der Waals surface area contributed by atoms with Gasteiger partial charge >= 0.3 is 0 Å². The van der Waals surface area contributed by atoms with E-state index in [1.807, 2.05) is 61.5 Å². The second kappa shape index (κ2) is 8.34. The molecule has 0 aliphatic rings. The number of amides is 1. The molecule has 1 N–H and O–H groups in total. The molecule has 1 heterocycles. The maximum Gasteiger partial charge on any atom is 0.260 e. The average molecular weight is 349 g/mol. The maximum atomic E-state index is 12.8. The minimum absolute atomic E-state index is 0.214. The van der Waals surface area contributed by atoms with Crippen molar-refractivity contribution in [1.82, 2.24) is 9.78 Å². The van der Waals surface area contributed by atoms with Gasteiger partial charge in [0.05, 0.1) is 23.6 Å². The lowest BCUT2D eigenvalue weighted by Gasteiger charge is -2.12. The number of nitrogens with zero attached hydrogens (tertiary/aromatic N) is 2. The van der Waals surface area contributed by atoms with Crippen LogP contribution >= 0.6 is 0 Å². The van der Waals surface area contributed by atoms with Crippen molar-refractivity contribution in [3.8, 4) is 11.4 Å². The zero-order chi connectivity index (χ0) is 18.4. The van der Waals surface area contributed by atoms with E-state index >= 15 is 0 Å². The Morgan fingerprint density at radius 1 is 1.12 bits per heavy atom. The fraction of sp³-hybridized carbons (Fsp3) is 0.238. The molecule has 2 aromatic carbocycles. The first-order valence-electron chi connectivity index (χ1n) is 8.84. The van der Waals surface area contributed by atoms with E-state index in [9.17, 15) is 4.79 Å². The third-order valence-corrected chi connectivity index (χ3v) is 3.96. The first kappa shape index (κ1) is 17.7. The summed E-state index contributed by atoms with van der Waals surface area (Å²) in [6, 6.07) is 18.9. The Labute approximate surface area is 153 Å². The molecule has 0 fully saturated rings. The van der Waals surface area contributed by atoms with Gasteiger partial charge in [-0.3, -0.25) is 4.79 Å². The number of unbranched alkanes of at least 4 members (excludes halogenated alkanes) is 1. The summed E-state index contributed by atoms with van der Waals surface area (Å²) in [6.07, 6.45) is 2.00. The Morgan fingerprint density at radius 3 is 2.62 bits per heavy atom. The molecule has 3 aromatic rings. The minimum Gasteiger partial charge on any atom is -0.493 e. The van der Waals surface area contributed by atoms with E-state index in [1.165, 1.54) is 0 Å². The molecule has 0 bridgehead atoms. The molecule has 5 heteroatoms. The Balaban J connectivity index is 1.83. The van der Waals surface area contributed by atoms with Crippen LogP contribution in [0.5, 0.6) is 5.75 Å². The van der Waals surface area contributed by atoms with Gasteiger partial charge in [0, 0.05) is 6.07 Å². The van der Waals surface area contributed by atoms with Gasteiger partial charge in [-0.05, 0) is 37.6 Å². The lowest BCUT2D eigenvalue weighted by atomic mass is 10.2. The third kappa shape index (κ3) is 4.11. The van der Waals surface area contributed by atoms with Crippen molar-refractivity contribution in [3.05, 3.63) is 71.9 Å². The summed E-state index contributed by atoms with van der Waals surface area (Å²) in [4.78, 5) is 12.8. The number of ether oxygens (including phenoxy) is 1. The highest BCUT2D eigenvalue weighted by Gasteiger charge is 2.16. The van der Waals surface area contributed by atoms with Crippen molar-refractivity contribution >= 4 is 11.7 Å². The lowest BCUT2D eigenvalue weighted by Crippen LogP contribution is -2.16. The van der Waals surface area contributed by atoms with E-state index < -0.39 is 0 Å². The normalized spacial score (nSPS) is 10.5. The molecule has 1 aromatic heterocycles. The van der Waals surface area contributed by atoms with Gasteiger partial charge in [0.25, 0.3) is 5.91 Å². The number of nitrogens with one attached hydrogen (secondary N) is 1. The number of anilines is 1. The summed E-state index contributed by atoms with van der Waals surface area (Å²) >= 11 is 0. The van der Waals surface area contributed by atoms with E-state index in [2.05, 4.69) is 17.3 Å². The minimum atomic E-state index is -0.214. The van der Waals surface area contributed by atoms with Gasteiger partial charge in [-0.1, -0.05) is 43.7 Å². The second-order valence-corrected chi connectivity index (χ2v) is 6.07. The quantitative estimate of drug-likeness (QED) is 0.634. The molecule has 0 saturated heterocycles. The number of para-hydroxylation sites is 2. The van der Waals surface area contributed by atoms with Gasteiger partial charge < -0.3 is 10.1 Å². The van der Waals surface area contributed by atoms with Crippen molar-refractivity contribution in [2.75, 3.05) is 11.9 Å². The number of carbonyl (C=O) groups is 1. The maximum absolute atomic E-state index is 12.8. The molecule has 0 radical (unpaired) electrons. The SMILES string of the molecule is CCCCOc1ccccc1C(=O)Nc1cc(C)nn1-c1ccccc1. The van der Waals surface area contributed by atoms with Crippen LogP contribution in [0.4, 0.5) is 5.82 Å². The monoisotopic (exact) mass is 349 g/mol. The van der Waals surface area contributed by atoms with Crippen LogP contribution in [0.2, 0.25) is 0 Å². The van der Waals surface area contributed by atoms with Gasteiger partial charge in [-0.2, -0.15) is 5.10 Å². The Kier molecular flexibility index (Phi) is 5.69. The standard InChI is InChI=1S/C21H23N3O2/c1-3-4-14-26-19-13-9-8-12-18(19)21(25)22-20-15-16(2)23-24(20)17-10-6-5-7-11-17/h5-13,15H,3-4,14H2,1-2H3,(H,22,25). The first-order valence-corrected chi connectivity index (χ1v) is 8.84. The fourth-order valence-electron chi connectivity index (χ4n) is 2.64. The summed E-state index contributed by atoms with van der Waals surface area (Å²) in [7, 11) is 0. The first-order chi connectivity index (χ1) is 12.7. The van der Waals surface area contributed by atoms with Gasteiger partial charge in [-0.15, -0.1) is 0 Å². The van der Waals surface area contributed by atoms with Crippen LogP contribution in [0.1, 0.15) is 35.8 Å². The number of hydrogen-bond acceptors (Lipinski definition) is 3. The zero-order valence-corrected chi connectivity index (χ0v) is 15.1. The van der Waals surface area contributed by atoms with Gasteiger partial charge in [-0.25, -0.2) is 4.68 Å². The van der Waals surface area contributed by atoms with E-state index in [0.717, 1.165) is 24.2 Å². The van der Waals surface area contributed by atoms with Gasteiger partial charge in [0.2, 0.25) is 0 Å². The van der Waals surface area contributed by atoms with Crippen LogP contribution in [0.15, 0.2) is 60.7 Å². The predicted octanol–water partition coefficient (Wildman–Crippen LogP) is 4.61. The molecular formula is C21H23N3O2. The van der Waals surface area contributed by atoms with Crippen molar-refractivity contribution in [3.63, 3.8) is 0 Å². The molecule has 3 rings (SSSR count). The van der Waals surface area contributed by atoms with Crippen molar-refractivity contribution in [2.45, 2.75) is 26.7 Å². The van der Waals surface area contributed by atoms with E-state index in [-0.39, 0.29) is 5.91 Å². The van der Waals surface area contributed by atoms with E-state index in [4.69, 9.17) is 4.74 Å². The smallest absolute Gasteiger partial charge is 0.260 e. The van der Waals surface area contributed by atoms with Gasteiger partial charge in [0.15, 0.2) is 0 Å². The van der Waals surface area contributed by atoms with E-state index in [1.54, 1.807) is 10.7 Å². The average Bonchev–Trinajstić information content (AvgIpc) is 3.03. The van der Waals surface area contributed by atoms with Crippen molar-refractivity contribution in [1.29, 1.82) is 0 Å². The highest BCUT2D eigenvalue weighted by molar-refractivity contribution is 6.05. The fourth-order valence-corrected chi connectivity index (χ4v) is 2.64. The van der Waals surface area contributed by atoms with Crippen LogP contribution in [0, 0.1) is 6.92 Å². The zero-order valence-electron chi connectivity index (χ0n) is 15.1. The number of rotatable bonds is 7. The molecule has 0 aliphatic heterocycles. The summed E-state index contributed by atoms with van der Waals surface area (Å²) < 4.78 is 7.50. The summed E-state index contributed by atoms with van der Waals surface area (Å²) in [5.41, 5.74) is 2.24. The third-order valence-electron chi connectivity index (χ3n) is 3.96. The largest absolute Gasteiger partial charge is 0.493 e. The number of carbonyl (C=O) groups excluding carboxylic acids is 1. The number of aromatic nitrogens is 2. The number of hydrogen-bond donors (Lipinski definition) is 1.